The van der Waals surface area contributed by atoms with E-state index in [2.05, 4.69) is 9.97 Å². The summed E-state index contributed by atoms with van der Waals surface area (Å²) in [4.78, 5) is 17.4. The van der Waals surface area contributed by atoms with E-state index in [4.69, 9.17) is 16.3 Å². The van der Waals surface area contributed by atoms with Crippen molar-refractivity contribution in [3.8, 4) is 17.1 Å². The lowest BCUT2D eigenvalue weighted by Crippen LogP contribution is -2.07. The number of ether oxygens (including phenoxy) is 1. The molecule has 0 unspecified atom stereocenters. The smallest absolute Gasteiger partial charge is 0.417 e. The van der Waals surface area contributed by atoms with Gasteiger partial charge in [-0.3, -0.25) is 4.79 Å². The third-order valence-corrected chi connectivity index (χ3v) is 3.75. The van der Waals surface area contributed by atoms with Gasteiger partial charge >= 0.3 is 6.18 Å². The van der Waals surface area contributed by atoms with Gasteiger partial charge in [0.05, 0.1) is 16.8 Å². The molecule has 0 spiro atoms. The Kier molecular flexibility index (Phi) is 4.59. The maximum atomic E-state index is 12.6. The Labute approximate surface area is 145 Å². The van der Waals surface area contributed by atoms with Crippen molar-refractivity contribution in [2.45, 2.75) is 12.8 Å². The Morgan fingerprint density at radius 1 is 1.04 bits per heavy atom. The second-order valence-electron chi connectivity index (χ2n) is 5.29. The Balaban J connectivity index is 1.75. The molecule has 4 nitrogen and oxygen atoms in total. The van der Waals surface area contributed by atoms with Crippen LogP contribution >= 0.6 is 11.6 Å². The molecule has 0 radical (unpaired) electrons. The summed E-state index contributed by atoms with van der Waals surface area (Å²) in [7, 11) is 0. The number of benzene rings is 1. The number of hydrogen-bond acceptors (Lipinski definition) is 2. The highest BCUT2D eigenvalue weighted by Crippen LogP contribution is 2.31. The summed E-state index contributed by atoms with van der Waals surface area (Å²) in [5.41, 5.74) is -0.272. The van der Waals surface area contributed by atoms with Crippen LogP contribution in [0.2, 0.25) is 5.02 Å². The Hall–Kier alpha value is -2.67. The van der Waals surface area contributed by atoms with E-state index in [1.807, 2.05) is 0 Å². The number of pyridine rings is 1. The molecule has 1 aromatic carbocycles. The molecule has 3 rings (SSSR count). The van der Waals surface area contributed by atoms with Crippen molar-refractivity contribution < 1.29 is 17.9 Å². The number of H-pyrrole nitrogens is 2. The van der Waals surface area contributed by atoms with Gasteiger partial charge in [0.1, 0.15) is 6.61 Å². The second kappa shape index (κ2) is 6.68. The number of nitrogens with one attached hydrogen (secondary N) is 2. The van der Waals surface area contributed by atoms with E-state index in [9.17, 15) is 18.0 Å². The fraction of sp³-hybridized carbons (Fsp3) is 0.118. The lowest BCUT2D eigenvalue weighted by Gasteiger charge is -2.07. The minimum absolute atomic E-state index is 0.0813. The van der Waals surface area contributed by atoms with E-state index < -0.39 is 17.2 Å². The minimum atomic E-state index is -4.47. The lowest BCUT2D eigenvalue weighted by molar-refractivity contribution is -0.137. The van der Waals surface area contributed by atoms with Gasteiger partial charge in [0, 0.05) is 23.5 Å². The molecule has 0 aliphatic heterocycles. The Morgan fingerprint density at radius 2 is 1.76 bits per heavy atom. The molecule has 25 heavy (non-hydrogen) atoms. The molecular formula is C17H12ClF3N2O2. The third-order valence-electron chi connectivity index (χ3n) is 3.49. The zero-order chi connectivity index (χ0) is 18.0. The fourth-order valence-electron chi connectivity index (χ4n) is 2.20. The van der Waals surface area contributed by atoms with Crippen molar-refractivity contribution in [2.24, 2.45) is 0 Å². The summed E-state index contributed by atoms with van der Waals surface area (Å²) < 4.78 is 43.4. The highest BCUT2D eigenvalue weighted by molar-refractivity contribution is 6.30. The van der Waals surface area contributed by atoms with E-state index >= 15 is 0 Å². The van der Waals surface area contributed by atoms with Gasteiger partial charge < -0.3 is 14.7 Å². The quantitative estimate of drug-likeness (QED) is 0.706. The van der Waals surface area contributed by atoms with Crippen LogP contribution in [-0.2, 0) is 12.8 Å². The van der Waals surface area contributed by atoms with Crippen molar-refractivity contribution in [3.05, 3.63) is 75.2 Å². The Morgan fingerprint density at radius 3 is 2.36 bits per heavy atom. The van der Waals surface area contributed by atoms with Crippen molar-refractivity contribution >= 4 is 11.6 Å². The fourth-order valence-corrected chi connectivity index (χ4v) is 2.33. The molecule has 3 aromatic rings. The van der Waals surface area contributed by atoms with Crippen LogP contribution in [-0.4, -0.2) is 9.97 Å². The predicted octanol–water partition coefficient (Wildman–Crippen LogP) is 4.62. The number of aromatic nitrogens is 2. The third kappa shape index (κ3) is 4.06. The standard InChI is InChI=1S/C17H12ClF3N2O2/c18-12-3-1-10(2-4-12)9-25-16-6-15(24)13(8-23-16)14-5-11(7-22-14)17(19,20)21/h1-8,22H,9H2,(H,23,24). The molecule has 0 saturated heterocycles. The van der Waals surface area contributed by atoms with Gasteiger partial charge in [-0.05, 0) is 23.8 Å². The highest BCUT2D eigenvalue weighted by atomic mass is 35.5. The molecule has 130 valence electrons. The number of alkyl halides is 3. The molecule has 0 aliphatic rings. The molecule has 2 heterocycles. The first-order valence-electron chi connectivity index (χ1n) is 7.19. The van der Waals surface area contributed by atoms with Crippen LogP contribution < -0.4 is 10.2 Å². The number of halogens is 4. The topological polar surface area (TPSA) is 57.9 Å². The van der Waals surface area contributed by atoms with Crippen molar-refractivity contribution in [3.63, 3.8) is 0 Å². The van der Waals surface area contributed by atoms with Gasteiger partial charge in [-0.25, -0.2) is 0 Å². The molecular weight excluding hydrogens is 357 g/mol. The molecule has 0 amide bonds. The molecule has 0 aliphatic carbocycles. The van der Waals surface area contributed by atoms with Crippen molar-refractivity contribution in [1.82, 2.24) is 9.97 Å². The Bertz CT molecular complexity index is 930. The van der Waals surface area contributed by atoms with Crippen LogP contribution in [0.15, 0.2) is 53.6 Å². The van der Waals surface area contributed by atoms with Gasteiger partial charge in [0.15, 0.2) is 11.3 Å². The van der Waals surface area contributed by atoms with Crippen LogP contribution in [0.3, 0.4) is 0 Å². The number of aromatic amines is 2. The minimum Gasteiger partial charge on any atom is -0.474 e. The zero-order valence-corrected chi connectivity index (χ0v) is 13.4. The summed E-state index contributed by atoms with van der Waals surface area (Å²) in [5.74, 6) is 0.214. The van der Waals surface area contributed by atoms with Crippen LogP contribution in [0.5, 0.6) is 5.88 Å². The maximum absolute atomic E-state index is 12.6. The van der Waals surface area contributed by atoms with Gasteiger partial charge in [-0.15, -0.1) is 0 Å². The summed E-state index contributed by atoms with van der Waals surface area (Å²) in [6, 6.07) is 9.09. The van der Waals surface area contributed by atoms with E-state index in [0.717, 1.165) is 17.8 Å². The number of hydrogen-bond donors (Lipinski definition) is 2. The molecule has 2 N–H and O–H groups in total. The number of rotatable bonds is 4. The first-order valence-corrected chi connectivity index (χ1v) is 7.57. The van der Waals surface area contributed by atoms with Crippen LogP contribution in [0.4, 0.5) is 13.2 Å². The second-order valence-corrected chi connectivity index (χ2v) is 5.73. The van der Waals surface area contributed by atoms with Crippen molar-refractivity contribution in [2.75, 3.05) is 0 Å². The summed E-state index contributed by atoms with van der Waals surface area (Å²) in [6.07, 6.45) is -2.34. The molecule has 0 atom stereocenters. The monoisotopic (exact) mass is 368 g/mol. The van der Waals surface area contributed by atoms with E-state index in [1.165, 1.54) is 12.3 Å². The molecule has 8 heteroatoms. The van der Waals surface area contributed by atoms with Crippen molar-refractivity contribution in [1.29, 1.82) is 0 Å². The summed E-state index contributed by atoms with van der Waals surface area (Å²) >= 11 is 5.79. The predicted molar refractivity (Wildman–Crippen MR) is 87.6 cm³/mol. The van der Waals surface area contributed by atoms with E-state index in [0.29, 0.717) is 5.02 Å². The average molecular weight is 369 g/mol. The first-order chi connectivity index (χ1) is 11.8. The normalized spacial score (nSPS) is 11.5. The van der Waals surface area contributed by atoms with E-state index in [-0.39, 0.29) is 23.7 Å². The van der Waals surface area contributed by atoms with Gasteiger partial charge in [0.25, 0.3) is 0 Å². The molecule has 2 aromatic heterocycles. The van der Waals surface area contributed by atoms with Gasteiger partial charge in [0.2, 0.25) is 0 Å². The summed E-state index contributed by atoms with van der Waals surface area (Å²) in [5, 5.41) is 0.602. The molecule has 0 fully saturated rings. The molecule has 0 bridgehead atoms. The van der Waals surface area contributed by atoms with E-state index in [1.54, 1.807) is 24.3 Å². The van der Waals surface area contributed by atoms with Crippen LogP contribution in [0, 0.1) is 0 Å². The highest BCUT2D eigenvalue weighted by Gasteiger charge is 2.31. The lowest BCUT2D eigenvalue weighted by atomic mass is 10.2. The van der Waals surface area contributed by atoms with Crippen LogP contribution in [0.25, 0.3) is 11.3 Å². The van der Waals surface area contributed by atoms with Crippen LogP contribution in [0.1, 0.15) is 11.1 Å². The largest absolute Gasteiger partial charge is 0.474 e. The van der Waals surface area contributed by atoms with Gasteiger partial charge in [-0.1, -0.05) is 23.7 Å². The zero-order valence-electron chi connectivity index (χ0n) is 12.7. The maximum Gasteiger partial charge on any atom is 0.417 e. The SMILES string of the molecule is O=c1cc(OCc2ccc(Cl)cc2)[nH]cc1-c1cc(C(F)(F)F)c[nH]1. The molecule has 0 saturated carbocycles. The van der Waals surface area contributed by atoms with Gasteiger partial charge in [-0.2, -0.15) is 13.2 Å². The summed E-state index contributed by atoms with van der Waals surface area (Å²) in [6.45, 7) is 0.215. The average Bonchev–Trinajstić information content (AvgIpc) is 3.04. The first kappa shape index (κ1) is 17.2.